The van der Waals surface area contributed by atoms with Crippen LogP contribution in [0.1, 0.15) is 31.9 Å². The van der Waals surface area contributed by atoms with E-state index in [4.69, 9.17) is 0 Å². The van der Waals surface area contributed by atoms with Gasteiger partial charge in [0.05, 0.1) is 4.90 Å². The summed E-state index contributed by atoms with van der Waals surface area (Å²) in [5, 5.41) is 2.77. The lowest BCUT2D eigenvalue weighted by Gasteiger charge is -2.42. The van der Waals surface area contributed by atoms with Crippen LogP contribution in [0.2, 0.25) is 0 Å². The summed E-state index contributed by atoms with van der Waals surface area (Å²) in [6.45, 7) is 4.93. The van der Waals surface area contributed by atoms with Crippen LogP contribution in [-0.4, -0.2) is 36.3 Å². The largest absolute Gasteiger partial charge is 0.326 e. The molecule has 0 radical (unpaired) electrons. The lowest BCUT2D eigenvalue weighted by atomic mass is 9.84. The lowest BCUT2D eigenvalue weighted by Crippen LogP contribution is -2.48. The van der Waals surface area contributed by atoms with Crippen LogP contribution in [-0.2, 0) is 21.4 Å². The van der Waals surface area contributed by atoms with Crippen molar-refractivity contribution in [3.63, 3.8) is 0 Å². The Hall–Kier alpha value is -2.45. The van der Waals surface area contributed by atoms with Crippen LogP contribution in [0.5, 0.6) is 0 Å². The number of carbonyl (C=O) groups is 1. The molecule has 2 aliphatic heterocycles. The zero-order chi connectivity index (χ0) is 20.8. The Morgan fingerprint density at radius 3 is 2.48 bits per heavy atom. The molecule has 7 nitrogen and oxygen atoms in total. The van der Waals surface area contributed by atoms with Gasteiger partial charge in [0.25, 0.3) is 5.56 Å². The molecule has 3 heterocycles. The van der Waals surface area contributed by atoms with Crippen LogP contribution in [0.25, 0.3) is 0 Å². The fourth-order valence-electron chi connectivity index (χ4n) is 4.19. The second kappa shape index (κ2) is 7.42. The number of sulfonamides is 1. The molecule has 4 rings (SSSR count). The van der Waals surface area contributed by atoms with Gasteiger partial charge in [-0.25, -0.2) is 8.42 Å². The molecule has 2 atom stereocenters. The van der Waals surface area contributed by atoms with Crippen molar-refractivity contribution in [2.45, 2.75) is 37.6 Å². The maximum Gasteiger partial charge on any atom is 0.250 e. The van der Waals surface area contributed by atoms with Crippen LogP contribution < -0.4 is 10.9 Å². The Kier molecular flexibility index (Phi) is 5.08. The number of aromatic nitrogens is 1. The highest BCUT2D eigenvalue weighted by Crippen LogP contribution is 2.37. The second-order valence-electron chi connectivity index (χ2n) is 8.19. The highest BCUT2D eigenvalue weighted by Gasteiger charge is 2.39. The molecule has 2 aromatic rings. The third kappa shape index (κ3) is 3.74. The standard InChI is InChI=1S/C21H25N3O4S/c1-14(2)21(26)22-17-6-8-18(9-7-17)29(27,28)23-11-15-10-16(13-23)19-4-3-5-20(25)24(19)12-15/h3-9,14-16H,10-13H2,1-2H3,(H,22,26)/t15-,16-/m0/s1. The molecule has 1 aromatic heterocycles. The van der Waals surface area contributed by atoms with Gasteiger partial charge in [0.15, 0.2) is 0 Å². The predicted octanol–water partition coefficient (Wildman–Crippen LogP) is 2.25. The van der Waals surface area contributed by atoms with Crippen molar-refractivity contribution in [2.24, 2.45) is 11.8 Å². The fourth-order valence-corrected chi connectivity index (χ4v) is 5.76. The van der Waals surface area contributed by atoms with Gasteiger partial charge in [0.1, 0.15) is 0 Å². The SMILES string of the molecule is CC(C)C(=O)Nc1ccc(S(=O)(=O)N2C[C@@H]3C[C@@H](C2)c2cccc(=O)n2C3)cc1. The summed E-state index contributed by atoms with van der Waals surface area (Å²) in [7, 11) is -3.65. The van der Waals surface area contributed by atoms with E-state index in [-0.39, 0.29) is 34.1 Å². The molecular weight excluding hydrogens is 390 g/mol. The summed E-state index contributed by atoms with van der Waals surface area (Å²) in [6, 6.07) is 11.5. The smallest absolute Gasteiger partial charge is 0.250 e. The van der Waals surface area contributed by atoms with E-state index >= 15 is 0 Å². The minimum Gasteiger partial charge on any atom is -0.326 e. The molecule has 154 valence electrons. The van der Waals surface area contributed by atoms with E-state index < -0.39 is 10.0 Å². The Balaban J connectivity index is 1.56. The van der Waals surface area contributed by atoms with Crippen LogP contribution in [0.15, 0.2) is 52.2 Å². The van der Waals surface area contributed by atoms with E-state index in [0.29, 0.717) is 25.3 Å². The summed E-state index contributed by atoms with van der Waals surface area (Å²) < 4.78 is 29.7. The van der Waals surface area contributed by atoms with Gasteiger partial charge < -0.3 is 9.88 Å². The molecule has 1 N–H and O–H groups in total. The molecule has 1 saturated heterocycles. The van der Waals surface area contributed by atoms with Crippen molar-refractivity contribution in [3.05, 3.63) is 58.5 Å². The third-order valence-corrected chi connectivity index (χ3v) is 7.58. The minimum atomic E-state index is -3.65. The topological polar surface area (TPSA) is 88.5 Å². The maximum absolute atomic E-state index is 13.2. The molecule has 0 saturated carbocycles. The summed E-state index contributed by atoms with van der Waals surface area (Å²) >= 11 is 0. The molecule has 1 fully saturated rings. The molecule has 8 heteroatoms. The number of rotatable bonds is 4. The molecular formula is C21H25N3O4S. The number of nitrogens with zero attached hydrogens (tertiary/aromatic N) is 2. The summed E-state index contributed by atoms with van der Waals surface area (Å²) in [5.74, 6) is -0.114. The van der Waals surface area contributed by atoms with Crippen LogP contribution in [0, 0.1) is 11.8 Å². The number of anilines is 1. The highest BCUT2D eigenvalue weighted by atomic mass is 32.2. The van der Waals surface area contributed by atoms with E-state index in [0.717, 1.165) is 12.1 Å². The van der Waals surface area contributed by atoms with Crippen LogP contribution in [0.4, 0.5) is 5.69 Å². The molecule has 2 aliphatic rings. The first-order chi connectivity index (χ1) is 13.8. The Labute approximate surface area is 170 Å². The first kappa shape index (κ1) is 19.8. The highest BCUT2D eigenvalue weighted by molar-refractivity contribution is 7.89. The third-order valence-electron chi connectivity index (χ3n) is 5.73. The van der Waals surface area contributed by atoms with E-state index in [1.54, 1.807) is 42.7 Å². The zero-order valence-corrected chi connectivity index (χ0v) is 17.4. The number of hydrogen-bond acceptors (Lipinski definition) is 4. The zero-order valence-electron chi connectivity index (χ0n) is 16.5. The molecule has 29 heavy (non-hydrogen) atoms. The van der Waals surface area contributed by atoms with Crippen LogP contribution in [0.3, 0.4) is 0 Å². The number of benzene rings is 1. The van der Waals surface area contributed by atoms with Gasteiger partial charge in [0.2, 0.25) is 15.9 Å². The van der Waals surface area contributed by atoms with Crippen molar-refractivity contribution in [3.8, 4) is 0 Å². The molecule has 1 amide bonds. The van der Waals surface area contributed by atoms with Crippen molar-refractivity contribution in [1.29, 1.82) is 0 Å². The second-order valence-corrected chi connectivity index (χ2v) is 10.1. The maximum atomic E-state index is 13.2. The Bertz CT molecular complexity index is 1090. The number of hydrogen-bond donors (Lipinski definition) is 1. The average Bonchev–Trinajstić information content (AvgIpc) is 2.69. The van der Waals surface area contributed by atoms with Gasteiger partial charge in [-0.3, -0.25) is 9.59 Å². The first-order valence-corrected chi connectivity index (χ1v) is 11.3. The van der Waals surface area contributed by atoms with Gasteiger partial charge >= 0.3 is 0 Å². The molecule has 0 spiro atoms. The van der Waals surface area contributed by atoms with Gasteiger partial charge in [-0.1, -0.05) is 19.9 Å². The quantitative estimate of drug-likeness (QED) is 0.830. The molecule has 2 bridgehead atoms. The number of amides is 1. The monoisotopic (exact) mass is 415 g/mol. The number of carbonyl (C=O) groups excluding carboxylic acids is 1. The summed E-state index contributed by atoms with van der Waals surface area (Å²) in [6.07, 6.45) is 0.898. The minimum absolute atomic E-state index is 0.0208. The molecule has 1 aromatic carbocycles. The summed E-state index contributed by atoms with van der Waals surface area (Å²) in [4.78, 5) is 24.2. The lowest BCUT2D eigenvalue weighted by molar-refractivity contribution is -0.118. The fraction of sp³-hybridized carbons (Fsp3) is 0.429. The summed E-state index contributed by atoms with van der Waals surface area (Å²) in [5.41, 5.74) is 1.47. The predicted molar refractivity (Wildman–Crippen MR) is 110 cm³/mol. The average molecular weight is 416 g/mol. The van der Waals surface area contributed by atoms with Crippen LogP contribution >= 0.6 is 0 Å². The molecule has 0 aliphatic carbocycles. The van der Waals surface area contributed by atoms with Crippen molar-refractivity contribution >= 4 is 21.6 Å². The number of pyridine rings is 1. The number of nitrogens with one attached hydrogen (secondary N) is 1. The van der Waals surface area contributed by atoms with E-state index in [9.17, 15) is 18.0 Å². The van der Waals surface area contributed by atoms with Crippen molar-refractivity contribution in [2.75, 3.05) is 18.4 Å². The van der Waals surface area contributed by atoms with Gasteiger partial charge in [-0.2, -0.15) is 4.31 Å². The Morgan fingerprint density at radius 1 is 1.07 bits per heavy atom. The molecule has 0 unspecified atom stereocenters. The van der Waals surface area contributed by atoms with Gasteiger partial charge in [-0.15, -0.1) is 0 Å². The van der Waals surface area contributed by atoms with E-state index in [2.05, 4.69) is 5.32 Å². The van der Waals surface area contributed by atoms with Crippen molar-refractivity contribution in [1.82, 2.24) is 8.87 Å². The van der Waals surface area contributed by atoms with E-state index in [1.165, 1.54) is 16.4 Å². The van der Waals surface area contributed by atoms with E-state index in [1.807, 2.05) is 6.07 Å². The number of fused-ring (bicyclic) bond motifs is 4. The van der Waals surface area contributed by atoms with Gasteiger partial charge in [0, 0.05) is 48.9 Å². The van der Waals surface area contributed by atoms with Crippen molar-refractivity contribution < 1.29 is 13.2 Å². The normalized spacial score (nSPS) is 21.6. The number of piperidine rings is 1. The Morgan fingerprint density at radius 2 is 1.79 bits per heavy atom. The van der Waals surface area contributed by atoms with Gasteiger partial charge in [-0.05, 0) is 42.7 Å². The first-order valence-electron chi connectivity index (χ1n) is 9.86.